The molecule has 1 saturated heterocycles. The number of ether oxygens (including phenoxy) is 1. The molecule has 1 aliphatic rings. The summed E-state index contributed by atoms with van der Waals surface area (Å²) in [5.41, 5.74) is 0.748. The summed E-state index contributed by atoms with van der Waals surface area (Å²) in [5.74, 6) is -0.458. The van der Waals surface area contributed by atoms with Crippen LogP contribution in [-0.4, -0.2) is 33.0 Å². The van der Waals surface area contributed by atoms with E-state index in [0.29, 0.717) is 13.0 Å². The van der Waals surface area contributed by atoms with E-state index >= 15 is 0 Å². The van der Waals surface area contributed by atoms with Crippen LogP contribution in [0.1, 0.15) is 40.7 Å². The minimum atomic E-state index is -4.37. The summed E-state index contributed by atoms with van der Waals surface area (Å²) in [6, 6.07) is 8.58. The first kappa shape index (κ1) is 16.2. The SMILES string of the molecule is CC(=O)OC(c1ccccc1)C1CCCCN1P(=O)(O)O.[H+].[H+]. The average Bonchev–Trinajstić information content (AvgIpc) is 2.44. The topological polar surface area (TPSA) is 87.1 Å². The van der Waals surface area contributed by atoms with E-state index in [4.69, 9.17) is 4.74 Å². The smallest absolute Gasteiger partial charge is 0.456 e. The van der Waals surface area contributed by atoms with Gasteiger partial charge >= 0.3 is 16.6 Å². The lowest BCUT2D eigenvalue weighted by Gasteiger charge is -2.39. The maximum atomic E-state index is 11.7. The fraction of sp³-hybridized carbons (Fsp3) is 0.500. The molecule has 2 unspecified atom stereocenters. The van der Waals surface area contributed by atoms with E-state index in [1.165, 1.54) is 6.92 Å². The highest BCUT2D eigenvalue weighted by Crippen LogP contribution is 2.48. The standard InChI is InChI=1S/C14H20NO5P/c1-11(16)20-14(12-7-3-2-4-8-12)13-9-5-6-10-15(13)21(17,18)19/h2-4,7-8,13-14H,5-6,9-10H2,1H3,(H2,17,18,19)/p+2. The van der Waals surface area contributed by atoms with Crippen molar-refractivity contribution in [2.45, 2.75) is 38.3 Å². The fourth-order valence-corrected chi connectivity index (χ4v) is 3.79. The van der Waals surface area contributed by atoms with E-state index in [9.17, 15) is 19.1 Å². The van der Waals surface area contributed by atoms with Gasteiger partial charge in [0.2, 0.25) is 0 Å². The Bertz CT molecular complexity index is 539. The number of esters is 1. The highest BCUT2D eigenvalue weighted by Gasteiger charge is 2.40. The summed E-state index contributed by atoms with van der Waals surface area (Å²) >= 11 is 0. The van der Waals surface area contributed by atoms with Gasteiger partial charge in [-0.2, -0.15) is 0 Å². The van der Waals surface area contributed by atoms with Crippen LogP contribution >= 0.6 is 7.75 Å². The summed E-state index contributed by atoms with van der Waals surface area (Å²) in [6.07, 6.45) is 1.49. The van der Waals surface area contributed by atoms with Crippen molar-refractivity contribution < 1.29 is 26.7 Å². The molecule has 0 amide bonds. The quantitative estimate of drug-likeness (QED) is 0.655. The van der Waals surface area contributed by atoms with E-state index < -0.39 is 25.9 Å². The molecular weight excluding hydrogens is 293 g/mol. The van der Waals surface area contributed by atoms with Crippen LogP contribution in [0.25, 0.3) is 0 Å². The Kier molecular flexibility index (Phi) is 5.17. The molecule has 1 heterocycles. The van der Waals surface area contributed by atoms with E-state index in [1.54, 1.807) is 12.1 Å². The van der Waals surface area contributed by atoms with Gasteiger partial charge in [0.25, 0.3) is 0 Å². The maximum Gasteiger partial charge on any atom is 1.00 e. The molecule has 0 spiro atoms. The zero-order chi connectivity index (χ0) is 15.5. The van der Waals surface area contributed by atoms with Gasteiger partial charge in [0.1, 0.15) is 6.10 Å². The first-order valence-corrected chi connectivity index (χ1v) is 8.51. The van der Waals surface area contributed by atoms with Gasteiger partial charge in [0, 0.05) is 13.5 Å². The molecule has 6 nitrogen and oxygen atoms in total. The van der Waals surface area contributed by atoms with Crippen molar-refractivity contribution in [1.82, 2.24) is 4.67 Å². The third kappa shape index (κ3) is 4.14. The van der Waals surface area contributed by atoms with Crippen molar-refractivity contribution in [2.75, 3.05) is 6.54 Å². The minimum absolute atomic E-state index is 0. The van der Waals surface area contributed by atoms with Crippen LogP contribution in [0, 0.1) is 0 Å². The van der Waals surface area contributed by atoms with Gasteiger partial charge in [0.15, 0.2) is 0 Å². The number of rotatable bonds is 4. The zero-order valence-corrected chi connectivity index (χ0v) is 12.8. The first-order chi connectivity index (χ1) is 9.89. The van der Waals surface area contributed by atoms with Crippen LogP contribution in [0.2, 0.25) is 0 Å². The number of benzene rings is 1. The molecule has 1 aromatic carbocycles. The molecule has 2 atom stereocenters. The molecule has 0 aromatic heterocycles. The molecule has 1 fully saturated rings. The lowest BCUT2D eigenvalue weighted by atomic mass is 9.94. The maximum absolute atomic E-state index is 11.7. The van der Waals surface area contributed by atoms with E-state index in [1.807, 2.05) is 18.2 Å². The number of carbonyl (C=O) groups is 1. The summed E-state index contributed by atoms with van der Waals surface area (Å²) in [6.45, 7) is 1.61. The molecule has 0 aliphatic carbocycles. The normalized spacial score (nSPS) is 21.8. The van der Waals surface area contributed by atoms with Crippen molar-refractivity contribution in [3.8, 4) is 0 Å². The van der Waals surface area contributed by atoms with Crippen LogP contribution in [0.3, 0.4) is 0 Å². The third-order valence-corrected chi connectivity index (χ3v) is 4.79. The Hall–Kier alpha value is -1.20. The van der Waals surface area contributed by atoms with Crippen LogP contribution in [0.15, 0.2) is 30.3 Å². The van der Waals surface area contributed by atoms with Crippen LogP contribution in [0.4, 0.5) is 0 Å². The summed E-state index contributed by atoms with van der Waals surface area (Å²) in [4.78, 5) is 30.5. The predicted molar refractivity (Wildman–Crippen MR) is 79.6 cm³/mol. The van der Waals surface area contributed by atoms with Gasteiger partial charge < -0.3 is 14.5 Å². The number of nitrogens with zero attached hydrogens (tertiary/aromatic N) is 1. The van der Waals surface area contributed by atoms with Crippen molar-refractivity contribution in [3.63, 3.8) is 0 Å². The number of hydrogen-bond acceptors (Lipinski definition) is 3. The monoisotopic (exact) mass is 315 g/mol. The Labute approximate surface area is 126 Å². The van der Waals surface area contributed by atoms with Gasteiger partial charge in [-0.3, -0.25) is 4.79 Å². The summed E-state index contributed by atoms with van der Waals surface area (Å²) in [7, 11) is -4.37. The molecular formula is C14H22NO5P+2. The second-order valence-electron chi connectivity index (χ2n) is 5.18. The van der Waals surface area contributed by atoms with E-state index in [0.717, 1.165) is 23.1 Å². The van der Waals surface area contributed by atoms with Gasteiger partial charge in [-0.05, 0) is 18.4 Å². The molecule has 1 aromatic rings. The second-order valence-corrected chi connectivity index (χ2v) is 6.72. The molecule has 0 bridgehead atoms. The second kappa shape index (κ2) is 6.71. The first-order valence-electron chi connectivity index (χ1n) is 6.94. The van der Waals surface area contributed by atoms with Gasteiger partial charge in [-0.25, -0.2) is 9.24 Å². The minimum Gasteiger partial charge on any atom is -0.456 e. The third-order valence-electron chi connectivity index (χ3n) is 3.63. The van der Waals surface area contributed by atoms with Crippen molar-refractivity contribution in [1.29, 1.82) is 0 Å². The molecule has 21 heavy (non-hydrogen) atoms. The lowest BCUT2D eigenvalue weighted by molar-refractivity contribution is -0.150. The zero-order valence-electron chi connectivity index (χ0n) is 13.9. The fourth-order valence-electron chi connectivity index (χ4n) is 2.76. The largest absolute Gasteiger partial charge is 1.00 e. The Morgan fingerprint density at radius 1 is 1.38 bits per heavy atom. The van der Waals surface area contributed by atoms with Crippen LogP contribution in [0.5, 0.6) is 0 Å². The highest BCUT2D eigenvalue weighted by atomic mass is 31.2. The van der Waals surface area contributed by atoms with Gasteiger partial charge in [-0.1, -0.05) is 36.8 Å². The molecule has 1 aliphatic heterocycles. The van der Waals surface area contributed by atoms with Gasteiger partial charge in [0.05, 0.1) is 6.04 Å². The Balaban J connectivity index is 0.00000242. The Morgan fingerprint density at radius 3 is 2.62 bits per heavy atom. The predicted octanol–water partition coefficient (Wildman–Crippen LogP) is 2.46. The van der Waals surface area contributed by atoms with Crippen molar-refractivity contribution in [3.05, 3.63) is 35.9 Å². The number of hydrogen-bond donors (Lipinski definition) is 2. The molecule has 2 rings (SSSR count). The van der Waals surface area contributed by atoms with E-state index in [2.05, 4.69) is 0 Å². The highest BCUT2D eigenvalue weighted by molar-refractivity contribution is 7.49. The van der Waals surface area contributed by atoms with E-state index in [-0.39, 0.29) is 2.85 Å². The summed E-state index contributed by atoms with van der Waals surface area (Å²) in [5, 5.41) is 0. The average molecular weight is 315 g/mol. The Morgan fingerprint density at radius 2 is 2.05 bits per heavy atom. The molecule has 116 valence electrons. The summed E-state index contributed by atoms with van der Waals surface area (Å²) < 4.78 is 18.2. The lowest BCUT2D eigenvalue weighted by Crippen LogP contribution is -2.42. The number of piperidine rings is 1. The van der Waals surface area contributed by atoms with Crippen molar-refractivity contribution in [2.24, 2.45) is 0 Å². The molecule has 0 radical (unpaired) electrons. The van der Waals surface area contributed by atoms with Crippen LogP contribution in [-0.2, 0) is 14.1 Å². The molecule has 7 heteroatoms. The van der Waals surface area contributed by atoms with Gasteiger partial charge in [-0.15, -0.1) is 0 Å². The van der Waals surface area contributed by atoms with Crippen LogP contribution < -0.4 is 0 Å². The molecule has 0 saturated carbocycles. The molecule has 2 N–H and O–H groups in total. The van der Waals surface area contributed by atoms with Crippen molar-refractivity contribution >= 4 is 13.7 Å². The number of carbonyl (C=O) groups excluding carboxylic acids is 1.